The van der Waals surface area contributed by atoms with Gasteiger partial charge in [0.05, 0.1) is 0 Å². The molecule has 0 radical (unpaired) electrons. The lowest BCUT2D eigenvalue weighted by atomic mass is 9.85. The van der Waals surface area contributed by atoms with Crippen LogP contribution >= 0.6 is 11.3 Å². The van der Waals surface area contributed by atoms with Crippen LogP contribution in [0.2, 0.25) is 0 Å². The Hall–Kier alpha value is -1.86. The van der Waals surface area contributed by atoms with Gasteiger partial charge in [0, 0.05) is 15.0 Å². The van der Waals surface area contributed by atoms with Crippen molar-refractivity contribution in [3.63, 3.8) is 0 Å². The SMILES string of the molecule is C/C=C\c1c(C)sc2cc(CC(C)c3ccccc3C)c(C)c(CC(C)C)c12. The lowest BCUT2D eigenvalue weighted by molar-refractivity contribution is 0.646. The van der Waals surface area contributed by atoms with Gasteiger partial charge in [0.2, 0.25) is 0 Å². The summed E-state index contributed by atoms with van der Waals surface area (Å²) >= 11 is 1.96. The van der Waals surface area contributed by atoms with Gasteiger partial charge in [-0.2, -0.15) is 0 Å². The third-order valence-corrected chi connectivity index (χ3v) is 6.96. The molecule has 1 unspecified atom stereocenters. The number of benzene rings is 2. The number of hydrogen-bond donors (Lipinski definition) is 0. The Labute approximate surface area is 175 Å². The summed E-state index contributed by atoms with van der Waals surface area (Å²) < 4.78 is 1.46. The first-order chi connectivity index (χ1) is 13.3. The molecule has 0 fully saturated rings. The summed E-state index contributed by atoms with van der Waals surface area (Å²) in [4.78, 5) is 1.43. The van der Waals surface area contributed by atoms with E-state index in [1.165, 1.54) is 42.8 Å². The Morgan fingerprint density at radius 1 is 1.00 bits per heavy atom. The molecule has 0 saturated carbocycles. The Kier molecular flexibility index (Phi) is 6.45. The van der Waals surface area contributed by atoms with Crippen molar-refractivity contribution < 1.29 is 0 Å². The van der Waals surface area contributed by atoms with Crippen LogP contribution in [0.15, 0.2) is 36.4 Å². The molecule has 2 aromatic carbocycles. The minimum Gasteiger partial charge on any atom is -0.140 e. The summed E-state index contributed by atoms with van der Waals surface area (Å²) in [6, 6.07) is 11.3. The molecule has 1 aromatic heterocycles. The lowest BCUT2D eigenvalue weighted by Gasteiger charge is -2.20. The van der Waals surface area contributed by atoms with E-state index in [0.717, 1.165) is 12.8 Å². The van der Waals surface area contributed by atoms with E-state index < -0.39 is 0 Å². The Balaban J connectivity index is 2.13. The van der Waals surface area contributed by atoms with Crippen LogP contribution in [0.4, 0.5) is 0 Å². The second kappa shape index (κ2) is 8.66. The number of allylic oxidation sites excluding steroid dienone is 1. The van der Waals surface area contributed by atoms with Gasteiger partial charge in [-0.05, 0) is 91.8 Å². The van der Waals surface area contributed by atoms with Gasteiger partial charge in [-0.25, -0.2) is 0 Å². The predicted octanol–water partition coefficient (Wildman–Crippen LogP) is 8.40. The summed E-state index contributed by atoms with van der Waals surface area (Å²) in [5.74, 6) is 1.19. The minimum atomic E-state index is 0.528. The first-order valence-electron chi connectivity index (χ1n) is 10.6. The van der Waals surface area contributed by atoms with Crippen LogP contribution in [-0.2, 0) is 12.8 Å². The van der Waals surface area contributed by atoms with Crippen molar-refractivity contribution in [2.45, 2.75) is 67.2 Å². The summed E-state index contributed by atoms with van der Waals surface area (Å²) in [7, 11) is 0. The molecule has 148 valence electrons. The lowest BCUT2D eigenvalue weighted by Crippen LogP contribution is -2.06. The maximum atomic E-state index is 2.48. The Morgan fingerprint density at radius 2 is 1.71 bits per heavy atom. The zero-order valence-electron chi connectivity index (χ0n) is 18.5. The molecule has 0 aliphatic rings. The zero-order chi connectivity index (χ0) is 20.4. The molecule has 28 heavy (non-hydrogen) atoms. The molecule has 0 spiro atoms. The maximum absolute atomic E-state index is 2.48. The monoisotopic (exact) mass is 390 g/mol. The predicted molar refractivity (Wildman–Crippen MR) is 128 cm³/mol. The van der Waals surface area contributed by atoms with E-state index in [1.54, 1.807) is 5.56 Å². The highest BCUT2D eigenvalue weighted by atomic mass is 32.1. The summed E-state index contributed by atoms with van der Waals surface area (Å²) in [6.07, 6.45) is 6.73. The van der Waals surface area contributed by atoms with E-state index in [2.05, 4.69) is 91.0 Å². The van der Waals surface area contributed by atoms with Crippen LogP contribution in [0.25, 0.3) is 16.2 Å². The Bertz CT molecular complexity index is 1000. The van der Waals surface area contributed by atoms with E-state index in [0.29, 0.717) is 11.8 Å². The summed E-state index contributed by atoms with van der Waals surface area (Å²) in [6.45, 7) is 16.0. The van der Waals surface area contributed by atoms with Crippen molar-refractivity contribution in [3.8, 4) is 0 Å². The van der Waals surface area contributed by atoms with Gasteiger partial charge in [0.1, 0.15) is 0 Å². The second-order valence-corrected chi connectivity index (χ2v) is 9.90. The summed E-state index contributed by atoms with van der Waals surface area (Å²) in [5.41, 5.74) is 8.90. The Morgan fingerprint density at radius 3 is 2.36 bits per heavy atom. The third kappa shape index (κ3) is 4.10. The van der Waals surface area contributed by atoms with Gasteiger partial charge < -0.3 is 0 Å². The molecule has 0 aliphatic carbocycles. The molecule has 1 atom stereocenters. The van der Waals surface area contributed by atoms with Crippen molar-refractivity contribution in [2.75, 3.05) is 0 Å². The number of hydrogen-bond acceptors (Lipinski definition) is 1. The van der Waals surface area contributed by atoms with Gasteiger partial charge >= 0.3 is 0 Å². The molecule has 1 heterocycles. The minimum absolute atomic E-state index is 0.528. The average Bonchev–Trinajstić information content (AvgIpc) is 2.94. The fourth-order valence-electron chi connectivity index (χ4n) is 4.46. The van der Waals surface area contributed by atoms with Gasteiger partial charge in [0.25, 0.3) is 0 Å². The molecular formula is C27H34S. The highest BCUT2D eigenvalue weighted by Gasteiger charge is 2.19. The largest absolute Gasteiger partial charge is 0.140 e. The van der Waals surface area contributed by atoms with E-state index in [4.69, 9.17) is 0 Å². The molecule has 0 aliphatic heterocycles. The van der Waals surface area contributed by atoms with Crippen molar-refractivity contribution in [1.82, 2.24) is 0 Å². The first-order valence-corrected chi connectivity index (χ1v) is 11.4. The summed E-state index contributed by atoms with van der Waals surface area (Å²) in [5, 5.41) is 1.50. The van der Waals surface area contributed by atoms with E-state index in [9.17, 15) is 0 Å². The molecule has 3 aromatic rings. The average molecular weight is 391 g/mol. The van der Waals surface area contributed by atoms with Gasteiger partial charge in [-0.3, -0.25) is 0 Å². The molecule has 0 saturated heterocycles. The van der Waals surface area contributed by atoms with Gasteiger partial charge in [-0.1, -0.05) is 57.2 Å². The quantitative estimate of drug-likeness (QED) is 0.396. The van der Waals surface area contributed by atoms with Crippen molar-refractivity contribution in [3.05, 3.63) is 74.7 Å². The maximum Gasteiger partial charge on any atom is 0.0357 e. The van der Waals surface area contributed by atoms with Crippen LogP contribution in [0, 0.1) is 26.7 Å². The molecule has 0 amide bonds. The molecule has 0 nitrogen and oxygen atoms in total. The molecule has 1 heteroatoms. The highest BCUT2D eigenvalue weighted by Crippen LogP contribution is 2.39. The second-order valence-electron chi connectivity index (χ2n) is 8.64. The van der Waals surface area contributed by atoms with Crippen LogP contribution in [-0.4, -0.2) is 0 Å². The van der Waals surface area contributed by atoms with Crippen molar-refractivity contribution in [1.29, 1.82) is 0 Å². The first kappa shape index (κ1) is 20.9. The van der Waals surface area contributed by atoms with Gasteiger partial charge in [-0.15, -0.1) is 11.3 Å². The standard InChI is InChI=1S/C27H34S/c1-8-11-24-21(7)28-26-16-22(20(6)25(27(24)26)14-17(2)3)15-19(5)23-13-10-9-12-18(23)4/h8-13,16-17,19H,14-15H2,1-7H3/b11-8-. The molecular weight excluding hydrogens is 356 g/mol. The molecule has 3 rings (SSSR count). The molecule has 0 N–H and O–H groups in total. The van der Waals surface area contributed by atoms with Crippen molar-refractivity contribution >= 4 is 27.5 Å². The van der Waals surface area contributed by atoms with E-state index in [1.807, 2.05) is 11.3 Å². The third-order valence-electron chi connectivity index (χ3n) is 5.89. The fraction of sp³-hybridized carbons (Fsp3) is 0.407. The van der Waals surface area contributed by atoms with Crippen LogP contribution in [0.5, 0.6) is 0 Å². The van der Waals surface area contributed by atoms with Crippen LogP contribution in [0.3, 0.4) is 0 Å². The number of thiophene rings is 1. The number of rotatable bonds is 6. The van der Waals surface area contributed by atoms with Crippen LogP contribution < -0.4 is 0 Å². The van der Waals surface area contributed by atoms with Crippen LogP contribution in [0.1, 0.15) is 71.9 Å². The molecule has 0 bridgehead atoms. The number of aryl methyl sites for hydroxylation is 2. The highest BCUT2D eigenvalue weighted by molar-refractivity contribution is 7.19. The smallest absolute Gasteiger partial charge is 0.0357 e. The van der Waals surface area contributed by atoms with E-state index >= 15 is 0 Å². The van der Waals surface area contributed by atoms with E-state index in [-0.39, 0.29) is 0 Å². The number of fused-ring (bicyclic) bond motifs is 1. The zero-order valence-corrected chi connectivity index (χ0v) is 19.3. The van der Waals surface area contributed by atoms with Gasteiger partial charge in [0.15, 0.2) is 0 Å². The fourth-order valence-corrected chi connectivity index (χ4v) is 5.61. The topological polar surface area (TPSA) is 0 Å². The van der Waals surface area contributed by atoms with Crippen molar-refractivity contribution in [2.24, 2.45) is 5.92 Å². The normalized spacial score (nSPS) is 13.1.